The van der Waals surface area contributed by atoms with Crippen LogP contribution in [0.4, 0.5) is 5.69 Å². The van der Waals surface area contributed by atoms with E-state index in [0.29, 0.717) is 29.7 Å². The Hall–Kier alpha value is -2.40. The molecule has 0 radical (unpaired) electrons. The second kappa shape index (κ2) is 7.93. The van der Waals surface area contributed by atoms with E-state index in [2.05, 4.69) is 5.32 Å². The Labute approximate surface area is 146 Å². The van der Waals surface area contributed by atoms with Gasteiger partial charge in [-0.1, -0.05) is 17.7 Å². The Morgan fingerprint density at radius 3 is 2.67 bits per heavy atom. The predicted molar refractivity (Wildman–Crippen MR) is 94.6 cm³/mol. The second-order valence-corrected chi connectivity index (χ2v) is 5.64. The van der Waals surface area contributed by atoms with E-state index in [4.69, 9.17) is 26.2 Å². The van der Waals surface area contributed by atoms with Crippen molar-refractivity contribution in [1.82, 2.24) is 0 Å². The Morgan fingerprint density at radius 1 is 1.29 bits per heavy atom. The number of ether oxygens (including phenoxy) is 2. The highest BCUT2D eigenvalue weighted by Crippen LogP contribution is 2.36. The van der Waals surface area contributed by atoms with Crippen molar-refractivity contribution in [2.24, 2.45) is 0 Å². The Morgan fingerprint density at radius 2 is 2.04 bits per heavy atom. The van der Waals surface area contributed by atoms with Crippen molar-refractivity contribution in [3.63, 3.8) is 0 Å². The minimum absolute atomic E-state index is 0.242. The van der Waals surface area contributed by atoms with E-state index in [1.807, 2.05) is 19.9 Å². The molecule has 0 atom stereocenters. The summed E-state index contributed by atoms with van der Waals surface area (Å²) < 4.78 is 10.8. The van der Waals surface area contributed by atoms with Crippen LogP contribution in [0.5, 0.6) is 11.5 Å². The number of halogens is 1. The van der Waals surface area contributed by atoms with Gasteiger partial charge in [0.2, 0.25) is 0 Å². The SMILES string of the molecule is CCOc1cc(CNc2cc(C(=O)O)ccc2C)cc(Cl)c1OC. The second-order valence-electron chi connectivity index (χ2n) is 5.23. The first kappa shape index (κ1) is 17.9. The van der Waals surface area contributed by atoms with Crippen LogP contribution in [-0.2, 0) is 6.54 Å². The average molecular weight is 350 g/mol. The third-order valence-electron chi connectivity index (χ3n) is 3.54. The molecular weight excluding hydrogens is 330 g/mol. The first-order valence-electron chi connectivity index (χ1n) is 7.53. The number of carboxylic acids is 1. The molecule has 0 amide bonds. The summed E-state index contributed by atoms with van der Waals surface area (Å²) >= 11 is 6.24. The fourth-order valence-corrected chi connectivity index (χ4v) is 2.64. The van der Waals surface area contributed by atoms with Crippen molar-refractivity contribution in [3.8, 4) is 11.5 Å². The lowest BCUT2D eigenvalue weighted by Crippen LogP contribution is -2.05. The molecule has 2 aromatic rings. The summed E-state index contributed by atoms with van der Waals surface area (Å²) in [6, 6.07) is 8.63. The fourth-order valence-electron chi connectivity index (χ4n) is 2.33. The van der Waals surface area contributed by atoms with Crippen LogP contribution in [0.2, 0.25) is 5.02 Å². The summed E-state index contributed by atoms with van der Waals surface area (Å²) in [6.45, 7) is 4.79. The number of hydrogen-bond acceptors (Lipinski definition) is 4. The molecule has 0 unspecified atom stereocenters. The van der Waals surface area contributed by atoms with Crippen molar-refractivity contribution in [1.29, 1.82) is 0 Å². The zero-order valence-electron chi connectivity index (χ0n) is 13.9. The molecule has 0 bridgehead atoms. The molecule has 2 N–H and O–H groups in total. The maximum Gasteiger partial charge on any atom is 0.335 e. The predicted octanol–water partition coefficient (Wildman–Crippen LogP) is 4.37. The van der Waals surface area contributed by atoms with Crippen LogP contribution in [-0.4, -0.2) is 24.8 Å². The Kier molecular flexibility index (Phi) is 5.93. The van der Waals surface area contributed by atoms with Crippen molar-refractivity contribution in [3.05, 3.63) is 52.0 Å². The number of benzene rings is 2. The summed E-state index contributed by atoms with van der Waals surface area (Å²) in [4.78, 5) is 11.1. The monoisotopic (exact) mass is 349 g/mol. The standard InChI is InChI=1S/C18H20ClNO4/c1-4-24-16-8-12(7-14(19)17(16)23-3)10-20-15-9-13(18(21)22)6-5-11(15)2/h5-9,20H,4,10H2,1-3H3,(H,21,22). The molecule has 2 rings (SSSR count). The minimum Gasteiger partial charge on any atom is -0.491 e. The highest BCUT2D eigenvalue weighted by atomic mass is 35.5. The highest BCUT2D eigenvalue weighted by Gasteiger charge is 2.12. The quantitative estimate of drug-likeness (QED) is 0.777. The van der Waals surface area contributed by atoms with E-state index in [1.54, 1.807) is 31.4 Å². The number of methoxy groups -OCH3 is 1. The molecule has 0 heterocycles. The molecule has 24 heavy (non-hydrogen) atoms. The Bertz CT molecular complexity index is 746. The van der Waals surface area contributed by atoms with Crippen LogP contribution in [0.15, 0.2) is 30.3 Å². The van der Waals surface area contributed by atoms with Gasteiger partial charge in [0.1, 0.15) is 0 Å². The summed E-state index contributed by atoms with van der Waals surface area (Å²) in [6.07, 6.45) is 0. The van der Waals surface area contributed by atoms with Crippen LogP contribution in [0, 0.1) is 6.92 Å². The van der Waals surface area contributed by atoms with Gasteiger partial charge in [-0.3, -0.25) is 0 Å². The first-order valence-corrected chi connectivity index (χ1v) is 7.91. The molecule has 0 fully saturated rings. The van der Waals surface area contributed by atoms with E-state index in [1.165, 1.54) is 0 Å². The molecule has 0 saturated carbocycles. The lowest BCUT2D eigenvalue weighted by molar-refractivity contribution is 0.0697. The van der Waals surface area contributed by atoms with Crippen molar-refractivity contribution in [2.75, 3.05) is 19.0 Å². The molecule has 0 spiro atoms. The van der Waals surface area contributed by atoms with E-state index in [9.17, 15) is 4.79 Å². The van der Waals surface area contributed by atoms with Crippen molar-refractivity contribution < 1.29 is 19.4 Å². The van der Waals surface area contributed by atoms with Crippen LogP contribution in [0.3, 0.4) is 0 Å². The molecule has 0 saturated heterocycles. The number of hydrogen-bond donors (Lipinski definition) is 2. The van der Waals surface area contributed by atoms with Crippen LogP contribution in [0.25, 0.3) is 0 Å². The third kappa shape index (κ3) is 4.11. The van der Waals surface area contributed by atoms with Crippen LogP contribution < -0.4 is 14.8 Å². The first-order chi connectivity index (χ1) is 11.5. The number of aromatic carboxylic acids is 1. The van der Waals surface area contributed by atoms with Gasteiger partial charge in [0.25, 0.3) is 0 Å². The van der Waals surface area contributed by atoms with E-state index < -0.39 is 5.97 Å². The zero-order valence-corrected chi connectivity index (χ0v) is 14.6. The van der Waals surface area contributed by atoms with Gasteiger partial charge in [-0.05, 0) is 49.2 Å². The largest absolute Gasteiger partial charge is 0.491 e. The average Bonchev–Trinajstić information content (AvgIpc) is 2.54. The van der Waals surface area contributed by atoms with Gasteiger partial charge >= 0.3 is 5.97 Å². The molecule has 0 aromatic heterocycles. The molecule has 128 valence electrons. The number of carboxylic acid groups (broad SMARTS) is 1. The van der Waals surface area contributed by atoms with Crippen molar-refractivity contribution >= 4 is 23.3 Å². The van der Waals surface area contributed by atoms with Gasteiger partial charge in [0.15, 0.2) is 11.5 Å². The zero-order chi connectivity index (χ0) is 17.7. The van der Waals surface area contributed by atoms with Gasteiger partial charge in [0.05, 0.1) is 24.3 Å². The molecule has 2 aromatic carbocycles. The smallest absolute Gasteiger partial charge is 0.335 e. The summed E-state index contributed by atoms with van der Waals surface area (Å²) in [5, 5.41) is 12.8. The van der Waals surface area contributed by atoms with E-state index >= 15 is 0 Å². The molecule has 0 aliphatic carbocycles. The molecule has 0 aliphatic heterocycles. The third-order valence-corrected chi connectivity index (χ3v) is 3.82. The minimum atomic E-state index is -0.954. The lowest BCUT2D eigenvalue weighted by atomic mass is 10.1. The normalized spacial score (nSPS) is 10.3. The maximum atomic E-state index is 11.1. The number of rotatable bonds is 7. The molecule has 6 heteroatoms. The van der Waals surface area contributed by atoms with E-state index in [-0.39, 0.29) is 5.56 Å². The summed E-state index contributed by atoms with van der Waals surface area (Å²) in [5.41, 5.74) is 2.87. The highest BCUT2D eigenvalue weighted by molar-refractivity contribution is 6.32. The van der Waals surface area contributed by atoms with Crippen LogP contribution >= 0.6 is 11.6 Å². The fraction of sp³-hybridized carbons (Fsp3) is 0.278. The van der Waals surface area contributed by atoms with Gasteiger partial charge < -0.3 is 19.9 Å². The number of aryl methyl sites for hydroxylation is 1. The van der Waals surface area contributed by atoms with Gasteiger partial charge in [-0.25, -0.2) is 4.79 Å². The lowest BCUT2D eigenvalue weighted by Gasteiger charge is -2.15. The van der Waals surface area contributed by atoms with E-state index in [0.717, 1.165) is 16.8 Å². The number of nitrogens with one attached hydrogen (secondary N) is 1. The molecule has 5 nitrogen and oxygen atoms in total. The van der Waals surface area contributed by atoms with Crippen LogP contribution in [0.1, 0.15) is 28.4 Å². The molecule has 0 aliphatic rings. The van der Waals surface area contributed by atoms with Gasteiger partial charge in [-0.2, -0.15) is 0 Å². The Balaban J connectivity index is 2.23. The maximum absolute atomic E-state index is 11.1. The number of anilines is 1. The van der Waals surface area contributed by atoms with Gasteiger partial charge in [-0.15, -0.1) is 0 Å². The molecular formula is C18H20ClNO4. The van der Waals surface area contributed by atoms with Gasteiger partial charge in [0, 0.05) is 12.2 Å². The summed E-state index contributed by atoms with van der Waals surface area (Å²) in [7, 11) is 1.54. The topological polar surface area (TPSA) is 67.8 Å². The number of carbonyl (C=O) groups is 1. The van der Waals surface area contributed by atoms with Crippen molar-refractivity contribution in [2.45, 2.75) is 20.4 Å². The summed E-state index contributed by atoms with van der Waals surface area (Å²) in [5.74, 6) is 0.135.